The molecule has 0 saturated carbocycles. The SMILES string of the molecule is CN1CCN(C)[C@H](CNc2c(C#N)cnc3ccc(Cl)cc23)C1. The van der Waals surface area contributed by atoms with Gasteiger partial charge in [-0.15, -0.1) is 0 Å². The summed E-state index contributed by atoms with van der Waals surface area (Å²) in [4.78, 5) is 9.02. The first-order valence-electron chi connectivity index (χ1n) is 7.69. The van der Waals surface area contributed by atoms with Crippen molar-refractivity contribution in [1.82, 2.24) is 14.8 Å². The molecule has 0 amide bonds. The van der Waals surface area contributed by atoms with E-state index in [4.69, 9.17) is 11.6 Å². The molecule has 1 aromatic carbocycles. The largest absolute Gasteiger partial charge is 0.382 e. The van der Waals surface area contributed by atoms with Crippen molar-refractivity contribution < 1.29 is 0 Å². The van der Waals surface area contributed by atoms with Crippen LogP contribution in [0.4, 0.5) is 5.69 Å². The second kappa shape index (κ2) is 6.71. The van der Waals surface area contributed by atoms with Crippen LogP contribution >= 0.6 is 11.6 Å². The van der Waals surface area contributed by atoms with Gasteiger partial charge in [-0.2, -0.15) is 5.26 Å². The van der Waals surface area contributed by atoms with Crippen LogP contribution in [0.2, 0.25) is 5.02 Å². The van der Waals surface area contributed by atoms with Gasteiger partial charge in [-0.3, -0.25) is 9.88 Å². The topological polar surface area (TPSA) is 55.2 Å². The maximum Gasteiger partial charge on any atom is 0.103 e. The number of halogens is 1. The molecule has 1 N–H and O–H groups in total. The van der Waals surface area contributed by atoms with Crippen LogP contribution < -0.4 is 5.32 Å². The van der Waals surface area contributed by atoms with Crippen LogP contribution in [0.15, 0.2) is 24.4 Å². The van der Waals surface area contributed by atoms with E-state index in [0.29, 0.717) is 16.6 Å². The van der Waals surface area contributed by atoms with Crippen LogP contribution in [0.3, 0.4) is 0 Å². The molecule has 3 rings (SSSR count). The Labute approximate surface area is 141 Å². The average molecular weight is 330 g/mol. The number of nitriles is 1. The van der Waals surface area contributed by atoms with Gasteiger partial charge in [0, 0.05) is 48.8 Å². The number of hydrogen-bond donors (Lipinski definition) is 1. The van der Waals surface area contributed by atoms with Gasteiger partial charge in [0.15, 0.2) is 0 Å². The monoisotopic (exact) mass is 329 g/mol. The number of anilines is 1. The highest BCUT2D eigenvalue weighted by Crippen LogP contribution is 2.28. The highest BCUT2D eigenvalue weighted by Gasteiger charge is 2.22. The highest BCUT2D eigenvalue weighted by atomic mass is 35.5. The molecule has 120 valence electrons. The molecule has 6 heteroatoms. The first-order chi connectivity index (χ1) is 11.1. The predicted octanol–water partition coefficient (Wildman–Crippen LogP) is 2.42. The minimum absolute atomic E-state index is 0.405. The summed E-state index contributed by atoms with van der Waals surface area (Å²) in [5, 5.41) is 14.4. The number of benzene rings is 1. The van der Waals surface area contributed by atoms with Gasteiger partial charge < -0.3 is 10.2 Å². The molecular weight excluding hydrogens is 310 g/mol. The number of nitrogens with one attached hydrogen (secondary N) is 1. The van der Waals surface area contributed by atoms with Gasteiger partial charge in [-0.05, 0) is 32.3 Å². The zero-order valence-electron chi connectivity index (χ0n) is 13.4. The number of nitrogens with zero attached hydrogens (tertiary/aromatic N) is 4. The van der Waals surface area contributed by atoms with Crippen molar-refractivity contribution in [3.8, 4) is 6.07 Å². The number of hydrogen-bond acceptors (Lipinski definition) is 5. The number of aromatic nitrogens is 1. The van der Waals surface area contributed by atoms with Gasteiger partial charge in [0.1, 0.15) is 6.07 Å². The highest BCUT2D eigenvalue weighted by molar-refractivity contribution is 6.31. The Morgan fingerprint density at radius 1 is 1.39 bits per heavy atom. The fourth-order valence-corrected chi connectivity index (χ4v) is 3.15. The van der Waals surface area contributed by atoms with Gasteiger partial charge in [0.25, 0.3) is 0 Å². The summed E-state index contributed by atoms with van der Waals surface area (Å²) in [5.74, 6) is 0. The fraction of sp³-hybridized carbons (Fsp3) is 0.412. The molecule has 1 aliphatic heterocycles. The van der Waals surface area contributed by atoms with Crippen LogP contribution in [-0.4, -0.2) is 61.1 Å². The third-order valence-corrected chi connectivity index (χ3v) is 4.68. The molecule has 0 bridgehead atoms. The molecule has 5 nitrogen and oxygen atoms in total. The average Bonchev–Trinajstić information content (AvgIpc) is 2.55. The molecule has 1 fully saturated rings. The fourth-order valence-electron chi connectivity index (χ4n) is 2.98. The Morgan fingerprint density at radius 2 is 2.22 bits per heavy atom. The number of fused-ring (bicyclic) bond motifs is 1. The Kier molecular flexibility index (Phi) is 4.67. The maximum absolute atomic E-state index is 9.40. The number of rotatable bonds is 3. The van der Waals surface area contributed by atoms with Gasteiger partial charge in [-0.25, -0.2) is 0 Å². The quantitative estimate of drug-likeness (QED) is 0.937. The minimum Gasteiger partial charge on any atom is -0.382 e. The molecule has 1 aromatic heterocycles. The van der Waals surface area contributed by atoms with E-state index in [0.717, 1.165) is 42.8 Å². The lowest BCUT2D eigenvalue weighted by molar-refractivity contribution is 0.122. The summed E-state index contributed by atoms with van der Waals surface area (Å²) >= 11 is 6.12. The summed E-state index contributed by atoms with van der Waals surface area (Å²) in [5.41, 5.74) is 2.21. The standard InChI is InChI=1S/C17H20ClN5/c1-22-5-6-23(2)14(11-22)10-21-17-12(8-19)9-20-16-4-3-13(18)7-15(16)17/h3-4,7,9,14H,5-6,10-11H2,1-2H3,(H,20,21)/t14-/m1/s1. The second-order valence-electron chi connectivity index (χ2n) is 6.10. The third kappa shape index (κ3) is 3.40. The first kappa shape index (κ1) is 16.0. The lowest BCUT2D eigenvalue weighted by Gasteiger charge is -2.38. The zero-order chi connectivity index (χ0) is 16.4. The molecular formula is C17H20ClN5. The molecule has 1 atom stereocenters. The van der Waals surface area contributed by atoms with E-state index in [2.05, 4.69) is 40.3 Å². The van der Waals surface area contributed by atoms with E-state index >= 15 is 0 Å². The van der Waals surface area contributed by atoms with Crippen LogP contribution in [-0.2, 0) is 0 Å². The lowest BCUT2D eigenvalue weighted by atomic mass is 10.1. The van der Waals surface area contributed by atoms with E-state index < -0.39 is 0 Å². The van der Waals surface area contributed by atoms with E-state index in [9.17, 15) is 5.26 Å². The van der Waals surface area contributed by atoms with E-state index in [1.807, 2.05) is 18.2 Å². The number of pyridine rings is 1. The van der Waals surface area contributed by atoms with E-state index in [1.165, 1.54) is 0 Å². The molecule has 0 radical (unpaired) electrons. The molecule has 1 saturated heterocycles. The van der Waals surface area contributed by atoms with E-state index in [1.54, 1.807) is 6.20 Å². The van der Waals surface area contributed by atoms with Gasteiger partial charge in [0.2, 0.25) is 0 Å². The third-order valence-electron chi connectivity index (χ3n) is 4.45. The Morgan fingerprint density at radius 3 is 3.00 bits per heavy atom. The molecule has 0 unspecified atom stereocenters. The Balaban J connectivity index is 1.89. The Bertz CT molecular complexity index is 754. The summed E-state index contributed by atoms with van der Waals surface area (Å²) in [6.07, 6.45) is 1.62. The predicted molar refractivity (Wildman–Crippen MR) is 93.9 cm³/mol. The molecule has 23 heavy (non-hydrogen) atoms. The van der Waals surface area contributed by atoms with Crippen molar-refractivity contribution >= 4 is 28.2 Å². The van der Waals surface area contributed by atoms with Crippen molar-refractivity contribution in [2.75, 3.05) is 45.6 Å². The second-order valence-corrected chi connectivity index (χ2v) is 6.53. The summed E-state index contributed by atoms with van der Waals surface area (Å²) in [6, 6.07) is 8.19. The summed E-state index contributed by atoms with van der Waals surface area (Å²) in [6.45, 7) is 3.93. The van der Waals surface area contributed by atoms with Gasteiger partial charge >= 0.3 is 0 Å². The van der Waals surface area contributed by atoms with Crippen molar-refractivity contribution in [1.29, 1.82) is 5.26 Å². The van der Waals surface area contributed by atoms with Gasteiger partial charge in [-0.1, -0.05) is 11.6 Å². The van der Waals surface area contributed by atoms with Crippen molar-refractivity contribution in [2.24, 2.45) is 0 Å². The molecule has 2 heterocycles. The number of piperazine rings is 1. The zero-order valence-corrected chi connectivity index (χ0v) is 14.1. The van der Waals surface area contributed by atoms with E-state index in [-0.39, 0.29) is 0 Å². The maximum atomic E-state index is 9.40. The van der Waals surface area contributed by atoms with Crippen LogP contribution in [0, 0.1) is 11.3 Å². The lowest BCUT2D eigenvalue weighted by Crippen LogP contribution is -2.52. The van der Waals surface area contributed by atoms with Crippen molar-refractivity contribution in [2.45, 2.75) is 6.04 Å². The Hall–Kier alpha value is -1.87. The van der Waals surface area contributed by atoms with Crippen molar-refractivity contribution in [3.05, 3.63) is 35.0 Å². The minimum atomic E-state index is 0.405. The van der Waals surface area contributed by atoms with Crippen LogP contribution in [0.1, 0.15) is 5.56 Å². The molecule has 0 spiro atoms. The van der Waals surface area contributed by atoms with Crippen LogP contribution in [0.5, 0.6) is 0 Å². The number of likely N-dealkylation sites (N-methyl/N-ethyl adjacent to an activating group) is 2. The normalized spacial score (nSPS) is 19.7. The summed E-state index contributed by atoms with van der Waals surface area (Å²) in [7, 11) is 4.29. The van der Waals surface area contributed by atoms with Crippen LogP contribution in [0.25, 0.3) is 10.9 Å². The molecule has 1 aliphatic rings. The van der Waals surface area contributed by atoms with Gasteiger partial charge in [0.05, 0.1) is 16.8 Å². The first-order valence-corrected chi connectivity index (χ1v) is 8.07. The molecule has 0 aliphatic carbocycles. The smallest absolute Gasteiger partial charge is 0.103 e. The van der Waals surface area contributed by atoms with Crippen molar-refractivity contribution in [3.63, 3.8) is 0 Å². The summed E-state index contributed by atoms with van der Waals surface area (Å²) < 4.78 is 0. The molecule has 2 aromatic rings.